The zero-order valence-corrected chi connectivity index (χ0v) is 26.6. The Labute approximate surface area is 233 Å². The van der Waals surface area contributed by atoms with E-state index < -0.39 is 0 Å². The molecule has 0 heteroatoms. The average Bonchev–Trinajstić information content (AvgIpc) is 2.89. The summed E-state index contributed by atoms with van der Waals surface area (Å²) in [4.78, 5) is 0. The molecule has 0 aromatic rings. The number of hydrogen-bond donors (Lipinski definition) is 0. The van der Waals surface area contributed by atoms with E-state index in [0.717, 1.165) is 0 Å². The Bertz CT molecular complexity index is 288. The molecular weight excluding hydrogens is 432 g/mol. The van der Waals surface area contributed by atoms with Gasteiger partial charge in [0.25, 0.3) is 0 Å². The van der Waals surface area contributed by atoms with Crippen LogP contribution in [0.3, 0.4) is 0 Å². The molecule has 0 aliphatic heterocycles. The Balaban J connectivity index is 0. The number of hydrogen-bond acceptors (Lipinski definition) is 0. The van der Waals surface area contributed by atoms with Crippen LogP contribution in [0.25, 0.3) is 0 Å². The maximum atomic E-state index is 2.30. The molecule has 0 aliphatic rings. The SMILES string of the molecule is CCCCCCCCCCCCCC.CCCCCCCCCCCCCCCCCCCCCC. The van der Waals surface area contributed by atoms with Crippen LogP contribution in [0.15, 0.2) is 0 Å². The fourth-order valence-electron chi connectivity index (χ4n) is 5.24. The van der Waals surface area contributed by atoms with Crippen LogP contribution in [0.5, 0.6) is 0 Å². The van der Waals surface area contributed by atoms with Crippen LogP contribution < -0.4 is 0 Å². The molecule has 0 atom stereocenters. The first-order valence-electron chi connectivity index (χ1n) is 17.8. The molecule has 0 rings (SSSR count). The van der Waals surface area contributed by atoms with E-state index in [1.54, 1.807) is 0 Å². The van der Waals surface area contributed by atoms with Crippen molar-refractivity contribution in [3.8, 4) is 0 Å². The molecule has 0 saturated carbocycles. The lowest BCUT2D eigenvalue weighted by Crippen LogP contribution is -1.84. The minimum Gasteiger partial charge on any atom is -0.0654 e. The molecule has 0 spiro atoms. The zero-order chi connectivity index (χ0) is 26.6. The summed E-state index contributed by atoms with van der Waals surface area (Å²) < 4.78 is 0. The summed E-state index contributed by atoms with van der Waals surface area (Å²) in [7, 11) is 0. The van der Waals surface area contributed by atoms with E-state index in [9.17, 15) is 0 Å². The smallest absolute Gasteiger partial charge is 0.0533 e. The first-order valence-corrected chi connectivity index (χ1v) is 17.8. The van der Waals surface area contributed by atoms with E-state index in [2.05, 4.69) is 27.7 Å². The lowest BCUT2D eigenvalue weighted by Gasteiger charge is -2.03. The van der Waals surface area contributed by atoms with Gasteiger partial charge in [-0.3, -0.25) is 0 Å². The Kier molecular flexibility index (Phi) is 41.9. The molecule has 0 heterocycles. The van der Waals surface area contributed by atoms with Crippen molar-refractivity contribution in [1.82, 2.24) is 0 Å². The van der Waals surface area contributed by atoms with Crippen molar-refractivity contribution < 1.29 is 0 Å². The Morgan fingerprint density at radius 3 is 0.306 bits per heavy atom. The van der Waals surface area contributed by atoms with Gasteiger partial charge in [-0.1, -0.05) is 233 Å². The Morgan fingerprint density at radius 1 is 0.139 bits per heavy atom. The fourth-order valence-corrected chi connectivity index (χ4v) is 5.24. The standard InChI is InChI=1S/C22H46.C14H30/c1-3-5-7-9-11-13-15-17-19-21-22-20-18-16-14-12-10-8-6-4-2;1-3-5-7-9-11-13-14-12-10-8-6-4-2/h3-22H2,1-2H3;3-14H2,1-2H3. The highest BCUT2D eigenvalue weighted by Crippen LogP contribution is 2.15. The highest BCUT2D eigenvalue weighted by atomic mass is 14.0. The molecule has 0 fully saturated rings. The molecule has 0 aliphatic carbocycles. The van der Waals surface area contributed by atoms with Gasteiger partial charge >= 0.3 is 0 Å². The van der Waals surface area contributed by atoms with Crippen LogP contribution in [0.4, 0.5) is 0 Å². The molecule has 220 valence electrons. The Morgan fingerprint density at radius 2 is 0.222 bits per heavy atom. The normalized spacial score (nSPS) is 11.0. The molecule has 0 radical (unpaired) electrons. The van der Waals surface area contributed by atoms with Gasteiger partial charge in [0.15, 0.2) is 0 Å². The van der Waals surface area contributed by atoms with E-state index in [0.29, 0.717) is 0 Å². The van der Waals surface area contributed by atoms with Gasteiger partial charge in [-0.2, -0.15) is 0 Å². The van der Waals surface area contributed by atoms with Gasteiger partial charge < -0.3 is 0 Å². The quantitative estimate of drug-likeness (QED) is 0.0846. The summed E-state index contributed by atoms with van der Waals surface area (Å²) in [5.74, 6) is 0. The monoisotopic (exact) mass is 509 g/mol. The second kappa shape index (κ2) is 39.5. The second-order valence-corrected chi connectivity index (χ2v) is 11.9. The molecule has 0 bridgehead atoms. The molecule has 36 heavy (non-hydrogen) atoms. The molecule has 0 unspecified atom stereocenters. The van der Waals surface area contributed by atoms with Crippen LogP contribution in [0, 0.1) is 0 Å². The average molecular weight is 509 g/mol. The first-order chi connectivity index (χ1) is 17.8. The minimum atomic E-state index is 1.37. The summed E-state index contributed by atoms with van der Waals surface area (Å²) in [5, 5.41) is 0. The van der Waals surface area contributed by atoms with Crippen LogP contribution in [-0.4, -0.2) is 0 Å². The van der Waals surface area contributed by atoms with Crippen molar-refractivity contribution >= 4 is 0 Å². The van der Waals surface area contributed by atoms with Crippen molar-refractivity contribution in [2.75, 3.05) is 0 Å². The van der Waals surface area contributed by atoms with Crippen molar-refractivity contribution in [3.05, 3.63) is 0 Å². The van der Waals surface area contributed by atoms with Crippen LogP contribution in [0.2, 0.25) is 0 Å². The van der Waals surface area contributed by atoms with E-state index in [1.165, 1.54) is 205 Å². The van der Waals surface area contributed by atoms with E-state index >= 15 is 0 Å². The molecule has 0 nitrogen and oxygen atoms in total. The van der Waals surface area contributed by atoms with Crippen molar-refractivity contribution in [2.45, 2.75) is 233 Å². The van der Waals surface area contributed by atoms with Gasteiger partial charge in [0, 0.05) is 0 Å². The second-order valence-electron chi connectivity index (χ2n) is 11.9. The van der Waals surface area contributed by atoms with Crippen molar-refractivity contribution in [3.63, 3.8) is 0 Å². The summed E-state index contributed by atoms with van der Waals surface area (Å²) in [6.45, 7) is 9.17. The highest BCUT2D eigenvalue weighted by molar-refractivity contribution is 4.51. The maximum Gasteiger partial charge on any atom is -0.0533 e. The Hall–Kier alpha value is 0. The van der Waals surface area contributed by atoms with Gasteiger partial charge in [-0.15, -0.1) is 0 Å². The molecule has 0 N–H and O–H groups in total. The largest absolute Gasteiger partial charge is 0.0654 e. The third kappa shape index (κ3) is 41.1. The van der Waals surface area contributed by atoms with Gasteiger partial charge in [0.1, 0.15) is 0 Å². The molecule has 0 amide bonds. The molecule has 0 saturated heterocycles. The zero-order valence-electron chi connectivity index (χ0n) is 26.6. The lowest BCUT2D eigenvalue weighted by molar-refractivity contribution is 0.523. The molecule has 0 aromatic carbocycles. The maximum absolute atomic E-state index is 2.30. The topological polar surface area (TPSA) is 0 Å². The minimum absolute atomic E-state index is 1.37. The third-order valence-electron chi connectivity index (χ3n) is 7.91. The van der Waals surface area contributed by atoms with Crippen LogP contribution >= 0.6 is 0 Å². The molecule has 0 aromatic heterocycles. The third-order valence-corrected chi connectivity index (χ3v) is 7.91. The number of rotatable bonds is 30. The first kappa shape index (κ1) is 38.1. The van der Waals surface area contributed by atoms with Crippen LogP contribution in [-0.2, 0) is 0 Å². The summed E-state index contributed by atoms with van der Waals surface area (Å²) in [5.41, 5.74) is 0. The van der Waals surface area contributed by atoms with Gasteiger partial charge in [-0.05, 0) is 0 Å². The van der Waals surface area contributed by atoms with Gasteiger partial charge in [-0.25, -0.2) is 0 Å². The highest BCUT2D eigenvalue weighted by Gasteiger charge is 1.95. The van der Waals surface area contributed by atoms with E-state index in [1.807, 2.05) is 0 Å². The summed E-state index contributed by atoms with van der Waals surface area (Å²) >= 11 is 0. The van der Waals surface area contributed by atoms with Gasteiger partial charge in [0.2, 0.25) is 0 Å². The summed E-state index contributed by atoms with van der Waals surface area (Å²) in [6.07, 6.45) is 46.8. The van der Waals surface area contributed by atoms with Gasteiger partial charge in [0.05, 0.1) is 0 Å². The van der Waals surface area contributed by atoms with Crippen molar-refractivity contribution in [1.29, 1.82) is 0 Å². The van der Waals surface area contributed by atoms with Crippen LogP contribution in [0.1, 0.15) is 233 Å². The summed E-state index contributed by atoms with van der Waals surface area (Å²) in [6, 6.07) is 0. The fraction of sp³-hybridized carbons (Fsp3) is 1.00. The predicted octanol–water partition coefficient (Wildman–Crippen LogP) is 14.5. The lowest BCUT2D eigenvalue weighted by atomic mass is 10.0. The van der Waals surface area contributed by atoms with E-state index in [4.69, 9.17) is 0 Å². The molecular formula is C36H76. The van der Waals surface area contributed by atoms with Crippen molar-refractivity contribution in [2.24, 2.45) is 0 Å². The van der Waals surface area contributed by atoms with E-state index in [-0.39, 0.29) is 0 Å². The number of unbranched alkanes of at least 4 members (excludes halogenated alkanes) is 30. The predicted molar refractivity (Wildman–Crippen MR) is 170 cm³/mol.